The van der Waals surface area contributed by atoms with Crippen LogP contribution in [0.2, 0.25) is 0 Å². The maximum Gasteiger partial charge on any atom is 0.166 e. The van der Waals surface area contributed by atoms with Gasteiger partial charge in [-0.25, -0.2) is 0 Å². The van der Waals surface area contributed by atoms with Crippen LogP contribution in [0.4, 0.5) is 0 Å². The fraction of sp³-hybridized carbons (Fsp3) is 0.923. The fourth-order valence-electron chi connectivity index (χ4n) is 1.70. The average molecular weight is 244 g/mol. The molecule has 0 N–H and O–H groups in total. The summed E-state index contributed by atoms with van der Waals surface area (Å²) in [6.07, 6.45) is 2.34. The number of carbonyl (C=O) groups is 1. The minimum Gasteiger partial charge on any atom is -0.376 e. The maximum atomic E-state index is 10.9. The predicted molar refractivity (Wildman–Crippen MR) is 64.9 cm³/mol. The van der Waals surface area contributed by atoms with E-state index in [1.165, 1.54) is 0 Å². The first-order chi connectivity index (χ1) is 7.95. The molecule has 17 heavy (non-hydrogen) atoms. The van der Waals surface area contributed by atoms with E-state index in [4.69, 9.17) is 14.2 Å². The van der Waals surface area contributed by atoms with Gasteiger partial charge in [0.15, 0.2) is 5.79 Å². The molecule has 3 atom stereocenters. The zero-order valence-corrected chi connectivity index (χ0v) is 11.3. The van der Waals surface area contributed by atoms with Gasteiger partial charge in [0, 0.05) is 12.8 Å². The van der Waals surface area contributed by atoms with Crippen molar-refractivity contribution in [3.63, 3.8) is 0 Å². The number of carbonyl (C=O) groups excluding carboxylic acids is 1. The van der Waals surface area contributed by atoms with E-state index in [0.29, 0.717) is 26.1 Å². The highest BCUT2D eigenvalue weighted by atomic mass is 16.7. The molecule has 1 rings (SSSR count). The van der Waals surface area contributed by atoms with Crippen molar-refractivity contribution < 1.29 is 19.0 Å². The second-order valence-electron chi connectivity index (χ2n) is 4.94. The second kappa shape index (κ2) is 6.47. The molecule has 0 radical (unpaired) electrons. The van der Waals surface area contributed by atoms with Crippen LogP contribution in [0.3, 0.4) is 0 Å². The largest absolute Gasteiger partial charge is 0.376 e. The number of rotatable bonds is 7. The normalized spacial score (nSPS) is 30.5. The molecule has 1 fully saturated rings. The summed E-state index contributed by atoms with van der Waals surface area (Å²) in [4.78, 5) is 10.9. The Bertz CT molecular complexity index is 254. The molecule has 0 aromatic heterocycles. The molecule has 1 saturated heterocycles. The van der Waals surface area contributed by atoms with Crippen molar-refractivity contribution in [2.75, 3.05) is 13.2 Å². The van der Waals surface area contributed by atoms with Gasteiger partial charge in [-0.2, -0.15) is 0 Å². The van der Waals surface area contributed by atoms with Gasteiger partial charge < -0.3 is 19.0 Å². The molecular formula is C13H24O4. The summed E-state index contributed by atoms with van der Waals surface area (Å²) in [5, 5.41) is 0. The third kappa shape index (κ3) is 5.15. The summed E-state index contributed by atoms with van der Waals surface area (Å²) < 4.78 is 17.0. The van der Waals surface area contributed by atoms with E-state index in [1.54, 1.807) is 6.92 Å². The highest BCUT2D eigenvalue weighted by Crippen LogP contribution is 2.28. The Balaban J connectivity index is 2.28. The Morgan fingerprint density at radius 3 is 2.88 bits per heavy atom. The van der Waals surface area contributed by atoms with E-state index in [1.807, 2.05) is 13.8 Å². The lowest BCUT2D eigenvalue weighted by Gasteiger charge is -2.23. The van der Waals surface area contributed by atoms with E-state index < -0.39 is 5.79 Å². The monoisotopic (exact) mass is 244 g/mol. The van der Waals surface area contributed by atoms with Gasteiger partial charge in [-0.3, -0.25) is 0 Å². The molecule has 4 heteroatoms. The molecule has 1 heterocycles. The number of hydrogen-bond donors (Lipinski definition) is 0. The van der Waals surface area contributed by atoms with Crippen LogP contribution in [-0.4, -0.2) is 37.0 Å². The van der Waals surface area contributed by atoms with Gasteiger partial charge in [0.1, 0.15) is 11.9 Å². The molecule has 1 aliphatic rings. The number of hydrogen-bond acceptors (Lipinski definition) is 4. The lowest BCUT2D eigenvalue weighted by atomic mass is 10.1. The van der Waals surface area contributed by atoms with Crippen molar-refractivity contribution >= 4 is 5.78 Å². The van der Waals surface area contributed by atoms with E-state index in [0.717, 1.165) is 6.42 Å². The number of ether oxygens (including phenoxy) is 3. The van der Waals surface area contributed by atoms with Gasteiger partial charge >= 0.3 is 0 Å². The predicted octanol–water partition coefficient (Wildman–Crippen LogP) is 2.30. The third-order valence-corrected chi connectivity index (χ3v) is 3.06. The SMILES string of the molecule is CCC(C)OCC1COC(C)(CCC(C)=O)O1. The van der Waals surface area contributed by atoms with Crippen LogP contribution in [0.25, 0.3) is 0 Å². The van der Waals surface area contributed by atoms with Gasteiger partial charge in [0.25, 0.3) is 0 Å². The Labute approximate surface area is 104 Å². The average Bonchev–Trinajstić information content (AvgIpc) is 2.66. The van der Waals surface area contributed by atoms with Gasteiger partial charge in [-0.1, -0.05) is 6.92 Å². The van der Waals surface area contributed by atoms with Crippen LogP contribution >= 0.6 is 0 Å². The molecule has 0 amide bonds. The van der Waals surface area contributed by atoms with Crippen molar-refractivity contribution in [1.82, 2.24) is 0 Å². The summed E-state index contributed by atoms with van der Waals surface area (Å²) in [6, 6.07) is 0. The first kappa shape index (κ1) is 14.6. The quantitative estimate of drug-likeness (QED) is 0.689. The standard InChI is InChI=1S/C13H24O4/c1-5-11(3)15-8-12-9-16-13(4,17-12)7-6-10(2)14/h11-12H,5-9H2,1-4H3. The summed E-state index contributed by atoms with van der Waals surface area (Å²) >= 11 is 0. The molecule has 0 aliphatic carbocycles. The van der Waals surface area contributed by atoms with Crippen LogP contribution in [-0.2, 0) is 19.0 Å². The summed E-state index contributed by atoms with van der Waals surface area (Å²) in [5.74, 6) is -0.451. The Morgan fingerprint density at radius 1 is 1.59 bits per heavy atom. The summed E-state index contributed by atoms with van der Waals surface area (Å²) in [7, 11) is 0. The smallest absolute Gasteiger partial charge is 0.166 e. The topological polar surface area (TPSA) is 44.8 Å². The molecule has 3 unspecified atom stereocenters. The van der Waals surface area contributed by atoms with Crippen LogP contribution in [0, 0.1) is 0 Å². The highest BCUT2D eigenvalue weighted by Gasteiger charge is 2.37. The molecule has 0 saturated carbocycles. The van der Waals surface area contributed by atoms with Crippen molar-refractivity contribution in [3.05, 3.63) is 0 Å². The first-order valence-electron chi connectivity index (χ1n) is 6.38. The lowest BCUT2D eigenvalue weighted by Crippen LogP contribution is -2.29. The molecule has 4 nitrogen and oxygen atoms in total. The zero-order chi connectivity index (χ0) is 12.9. The van der Waals surface area contributed by atoms with Gasteiger partial charge in [-0.05, 0) is 27.2 Å². The first-order valence-corrected chi connectivity index (χ1v) is 6.38. The molecule has 0 aromatic rings. The molecule has 0 bridgehead atoms. The summed E-state index contributed by atoms with van der Waals surface area (Å²) in [6.45, 7) is 8.72. The van der Waals surface area contributed by atoms with Gasteiger partial charge in [0.05, 0.1) is 19.3 Å². The van der Waals surface area contributed by atoms with Crippen LogP contribution in [0.1, 0.15) is 47.0 Å². The Morgan fingerprint density at radius 2 is 2.29 bits per heavy atom. The highest BCUT2D eigenvalue weighted by molar-refractivity contribution is 5.75. The third-order valence-electron chi connectivity index (χ3n) is 3.06. The summed E-state index contributed by atoms with van der Waals surface area (Å²) in [5.41, 5.74) is 0. The van der Waals surface area contributed by atoms with E-state index in [9.17, 15) is 4.79 Å². The van der Waals surface area contributed by atoms with Crippen molar-refractivity contribution in [2.45, 2.75) is 65.0 Å². The van der Waals surface area contributed by atoms with Gasteiger partial charge in [-0.15, -0.1) is 0 Å². The van der Waals surface area contributed by atoms with Gasteiger partial charge in [0.2, 0.25) is 0 Å². The Hall–Kier alpha value is -0.450. The molecular weight excluding hydrogens is 220 g/mol. The number of ketones is 1. The molecule has 0 spiro atoms. The van der Waals surface area contributed by atoms with E-state index in [2.05, 4.69) is 6.92 Å². The Kier molecular flexibility index (Phi) is 5.56. The fourth-order valence-corrected chi connectivity index (χ4v) is 1.70. The van der Waals surface area contributed by atoms with Crippen molar-refractivity contribution in [1.29, 1.82) is 0 Å². The lowest BCUT2D eigenvalue weighted by molar-refractivity contribution is -0.167. The van der Waals surface area contributed by atoms with Crippen LogP contribution < -0.4 is 0 Å². The van der Waals surface area contributed by atoms with E-state index in [-0.39, 0.29) is 18.0 Å². The molecule has 1 aliphatic heterocycles. The molecule has 100 valence electrons. The van der Waals surface area contributed by atoms with Crippen molar-refractivity contribution in [3.8, 4) is 0 Å². The zero-order valence-electron chi connectivity index (χ0n) is 11.3. The second-order valence-corrected chi connectivity index (χ2v) is 4.94. The van der Waals surface area contributed by atoms with Crippen molar-refractivity contribution in [2.24, 2.45) is 0 Å². The minimum atomic E-state index is -0.616. The molecule has 0 aromatic carbocycles. The maximum absolute atomic E-state index is 10.9. The minimum absolute atomic E-state index is 0.0130. The van der Waals surface area contributed by atoms with Crippen LogP contribution in [0.15, 0.2) is 0 Å². The number of Topliss-reactive ketones (excluding diaryl/α,β-unsaturated/α-hetero) is 1. The van der Waals surface area contributed by atoms with E-state index >= 15 is 0 Å². The van der Waals surface area contributed by atoms with Crippen LogP contribution in [0.5, 0.6) is 0 Å².